The Morgan fingerprint density at radius 1 is 1.32 bits per heavy atom. The summed E-state index contributed by atoms with van der Waals surface area (Å²) >= 11 is 0. The van der Waals surface area contributed by atoms with Crippen LogP contribution in [0.4, 0.5) is 13.6 Å². The Kier molecular flexibility index (Phi) is 4.95. The Hall–Kier alpha value is -2.18. The Morgan fingerprint density at radius 3 is 2.64 bits per heavy atom. The summed E-state index contributed by atoms with van der Waals surface area (Å²) in [5.41, 5.74) is 0.780. The molecule has 1 fully saturated rings. The summed E-state index contributed by atoms with van der Waals surface area (Å²) in [5.74, 6) is -5.66. The number of carboxylic acids is 1. The average Bonchev–Trinajstić information content (AvgIpc) is 2.48. The van der Waals surface area contributed by atoms with Crippen LogP contribution in [0, 0.1) is 5.92 Å². The van der Waals surface area contributed by atoms with Gasteiger partial charge >= 0.3 is 12.1 Å². The molecule has 0 aromatic heterocycles. The molecule has 120 valence electrons. The Morgan fingerprint density at radius 2 is 2.00 bits per heavy atom. The minimum atomic E-state index is -3.00. The van der Waals surface area contributed by atoms with Crippen LogP contribution in [0.2, 0.25) is 0 Å². The first-order valence-electron chi connectivity index (χ1n) is 6.95. The molecule has 0 saturated heterocycles. The highest BCUT2D eigenvalue weighted by Gasteiger charge is 2.45. The quantitative estimate of drug-likeness (QED) is 0.896. The average molecular weight is 313 g/mol. The highest BCUT2D eigenvalue weighted by molar-refractivity contribution is 5.73. The van der Waals surface area contributed by atoms with E-state index < -0.39 is 42.8 Å². The van der Waals surface area contributed by atoms with Crippen LogP contribution in [0.1, 0.15) is 24.8 Å². The van der Waals surface area contributed by atoms with Gasteiger partial charge in [0.25, 0.3) is 0 Å². The molecule has 1 aliphatic rings. The lowest BCUT2D eigenvalue weighted by Gasteiger charge is -2.33. The number of nitrogens with one attached hydrogen (secondary N) is 1. The molecule has 2 atom stereocenters. The normalized spacial score (nSPS) is 23.5. The minimum absolute atomic E-state index is 0.0350. The fourth-order valence-corrected chi connectivity index (χ4v) is 2.48. The van der Waals surface area contributed by atoms with E-state index in [0.29, 0.717) is 0 Å². The van der Waals surface area contributed by atoms with Crippen molar-refractivity contribution in [1.29, 1.82) is 0 Å². The molecule has 0 radical (unpaired) electrons. The van der Waals surface area contributed by atoms with Crippen molar-refractivity contribution in [2.24, 2.45) is 5.92 Å². The lowest BCUT2D eigenvalue weighted by molar-refractivity contribution is -0.150. The van der Waals surface area contributed by atoms with E-state index in [1.165, 1.54) is 0 Å². The van der Waals surface area contributed by atoms with E-state index in [2.05, 4.69) is 5.32 Å². The maximum absolute atomic E-state index is 13.3. The molecule has 0 bridgehead atoms. The van der Waals surface area contributed by atoms with Gasteiger partial charge < -0.3 is 15.2 Å². The summed E-state index contributed by atoms with van der Waals surface area (Å²) < 4.78 is 31.6. The fourth-order valence-electron chi connectivity index (χ4n) is 2.48. The zero-order valence-electron chi connectivity index (χ0n) is 11.8. The third-order valence-corrected chi connectivity index (χ3v) is 3.66. The van der Waals surface area contributed by atoms with Crippen molar-refractivity contribution in [1.82, 2.24) is 5.32 Å². The number of rotatable bonds is 4. The van der Waals surface area contributed by atoms with Gasteiger partial charge in [-0.25, -0.2) is 13.6 Å². The number of carboxylic acid groups (broad SMARTS) is 1. The van der Waals surface area contributed by atoms with Crippen LogP contribution in [-0.2, 0) is 16.1 Å². The maximum atomic E-state index is 13.3. The molecule has 0 aliphatic heterocycles. The van der Waals surface area contributed by atoms with E-state index in [-0.39, 0.29) is 13.0 Å². The zero-order valence-corrected chi connectivity index (χ0v) is 11.8. The van der Waals surface area contributed by atoms with E-state index in [4.69, 9.17) is 9.84 Å². The van der Waals surface area contributed by atoms with Gasteiger partial charge in [0.2, 0.25) is 5.92 Å². The summed E-state index contributed by atoms with van der Waals surface area (Å²) in [6.45, 7) is 0.0350. The van der Waals surface area contributed by atoms with Crippen molar-refractivity contribution >= 4 is 12.1 Å². The number of alkyl carbamates (subject to hydrolysis) is 1. The first-order valence-corrected chi connectivity index (χ1v) is 6.95. The molecule has 1 aliphatic carbocycles. The molecule has 1 aromatic rings. The van der Waals surface area contributed by atoms with Crippen LogP contribution in [-0.4, -0.2) is 29.1 Å². The standard InChI is InChI=1S/C15H17F2NO4/c16-15(17)7-6-12(11(8-15)13(19)20)18-14(21)22-9-10-4-2-1-3-5-10/h1-5,11-12H,6-9H2,(H,18,21)(H,19,20)/t11-,12+/m0/s1. The smallest absolute Gasteiger partial charge is 0.407 e. The topological polar surface area (TPSA) is 75.6 Å². The second-order valence-corrected chi connectivity index (χ2v) is 5.36. The summed E-state index contributed by atoms with van der Waals surface area (Å²) in [5, 5.41) is 11.4. The molecule has 0 unspecified atom stereocenters. The van der Waals surface area contributed by atoms with Crippen molar-refractivity contribution in [3.05, 3.63) is 35.9 Å². The molecule has 7 heteroatoms. The SMILES string of the molecule is O=C(N[C@@H]1CCC(F)(F)C[C@@H]1C(=O)O)OCc1ccccc1. The number of alkyl halides is 2. The van der Waals surface area contributed by atoms with E-state index in [9.17, 15) is 18.4 Å². The van der Waals surface area contributed by atoms with Crippen LogP contribution < -0.4 is 5.32 Å². The van der Waals surface area contributed by atoms with Crippen LogP contribution >= 0.6 is 0 Å². The Labute approximate surface area is 126 Å². The summed E-state index contributed by atoms with van der Waals surface area (Å²) in [6.07, 6.45) is -2.11. The second-order valence-electron chi connectivity index (χ2n) is 5.36. The van der Waals surface area contributed by atoms with Gasteiger partial charge in [0.1, 0.15) is 6.61 Å². The number of carbonyl (C=O) groups excluding carboxylic acids is 1. The highest BCUT2D eigenvalue weighted by Crippen LogP contribution is 2.37. The van der Waals surface area contributed by atoms with Crippen molar-refractivity contribution in [2.45, 2.75) is 37.8 Å². The molecule has 2 rings (SSSR count). The molecule has 22 heavy (non-hydrogen) atoms. The number of halogens is 2. The van der Waals surface area contributed by atoms with Gasteiger partial charge in [-0.15, -0.1) is 0 Å². The maximum Gasteiger partial charge on any atom is 0.407 e. The molecular weight excluding hydrogens is 296 g/mol. The van der Waals surface area contributed by atoms with Crippen molar-refractivity contribution in [3.63, 3.8) is 0 Å². The van der Waals surface area contributed by atoms with Gasteiger partial charge in [-0.3, -0.25) is 4.79 Å². The lowest BCUT2D eigenvalue weighted by Crippen LogP contribution is -2.49. The van der Waals surface area contributed by atoms with Crippen LogP contribution in [0.25, 0.3) is 0 Å². The number of benzene rings is 1. The molecule has 0 spiro atoms. The molecule has 5 nitrogen and oxygen atoms in total. The number of aliphatic carboxylic acids is 1. The van der Waals surface area contributed by atoms with Gasteiger partial charge in [0.15, 0.2) is 0 Å². The highest BCUT2D eigenvalue weighted by atomic mass is 19.3. The molecule has 0 heterocycles. The van der Waals surface area contributed by atoms with Gasteiger partial charge in [-0.2, -0.15) is 0 Å². The van der Waals surface area contributed by atoms with E-state index >= 15 is 0 Å². The first-order chi connectivity index (χ1) is 10.4. The van der Waals surface area contributed by atoms with Gasteiger partial charge in [-0.05, 0) is 12.0 Å². The van der Waals surface area contributed by atoms with E-state index in [0.717, 1.165) is 5.56 Å². The minimum Gasteiger partial charge on any atom is -0.481 e. The molecule has 1 saturated carbocycles. The third-order valence-electron chi connectivity index (χ3n) is 3.66. The molecule has 1 aromatic carbocycles. The molecular formula is C15H17F2NO4. The largest absolute Gasteiger partial charge is 0.481 e. The van der Waals surface area contributed by atoms with Gasteiger partial charge in [0.05, 0.1) is 5.92 Å². The van der Waals surface area contributed by atoms with Crippen LogP contribution in [0.5, 0.6) is 0 Å². The summed E-state index contributed by atoms with van der Waals surface area (Å²) in [6, 6.07) is 8.10. The Bertz CT molecular complexity index is 536. The van der Waals surface area contributed by atoms with Crippen molar-refractivity contribution in [3.8, 4) is 0 Å². The molecule has 2 N–H and O–H groups in total. The molecule has 1 amide bonds. The number of ether oxygens (including phenoxy) is 1. The number of hydrogen-bond donors (Lipinski definition) is 2. The number of hydrogen-bond acceptors (Lipinski definition) is 3. The third kappa shape index (κ3) is 4.41. The van der Waals surface area contributed by atoms with Crippen molar-refractivity contribution in [2.75, 3.05) is 0 Å². The van der Waals surface area contributed by atoms with Crippen molar-refractivity contribution < 1.29 is 28.2 Å². The van der Waals surface area contributed by atoms with Crippen LogP contribution in [0.15, 0.2) is 30.3 Å². The Balaban J connectivity index is 1.88. The lowest BCUT2D eigenvalue weighted by atomic mass is 9.82. The predicted molar refractivity (Wildman–Crippen MR) is 73.5 cm³/mol. The first kappa shape index (κ1) is 16.2. The monoisotopic (exact) mass is 313 g/mol. The predicted octanol–water partition coefficient (Wildman–Crippen LogP) is 2.80. The van der Waals surface area contributed by atoms with E-state index in [1.54, 1.807) is 24.3 Å². The summed E-state index contributed by atoms with van der Waals surface area (Å²) in [7, 11) is 0. The van der Waals surface area contributed by atoms with Gasteiger partial charge in [-0.1, -0.05) is 30.3 Å². The number of amides is 1. The van der Waals surface area contributed by atoms with Crippen LogP contribution in [0.3, 0.4) is 0 Å². The number of carbonyl (C=O) groups is 2. The zero-order chi connectivity index (χ0) is 16.2. The fraction of sp³-hybridized carbons (Fsp3) is 0.467. The second kappa shape index (κ2) is 6.72. The van der Waals surface area contributed by atoms with Gasteiger partial charge in [0, 0.05) is 18.9 Å². The summed E-state index contributed by atoms with van der Waals surface area (Å²) in [4.78, 5) is 22.8. The van der Waals surface area contributed by atoms with E-state index in [1.807, 2.05) is 6.07 Å².